The molecular formula is C32H22ClN3O6. The highest BCUT2D eigenvalue weighted by Gasteiger charge is 2.38. The molecule has 0 saturated carbocycles. The van der Waals surface area contributed by atoms with Crippen molar-refractivity contribution in [2.45, 2.75) is 6.54 Å². The van der Waals surface area contributed by atoms with Crippen LogP contribution in [0.15, 0.2) is 102 Å². The van der Waals surface area contributed by atoms with E-state index in [1.807, 2.05) is 0 Å². The number of carbonyl (C=O) groups excluding carboxylic acids is 1. The monoisotopic (exact) mass is 579 g/mol. The lowest BCUT2D eigenvalue weighted by atomic mass is 9.90. The second-order valence-corrected chi connectivity index (χ2v) is 10.0. The number of hydrogen-bond donors (Lipinski definition) is 1. The van der Waals surface area contributed by atoms with Crippen LogP contribution in [0, 0.1) is 10.1 Å². The Balaban J connectivity index is 1.71. The van der Waals surface area contributed by atoms with Crippen LogP contribution in [0.1, 0.15) is 16.1 Å². The first kappa shape index (κ1) is 26.8. The number of amides is 1. The van der Waals surface area contributed by atoms with Crippen molar-refractivity contribution in [3.8, 4) is 39.4 Å². The molecule has 0 atom stereocenters. The van der Waals surface area contributed by atoms with Gasteiger partial charge in [0.15, 0.2) is 0 Å². The van der Waals surface area contributed by atoms with Gasteiger partial charge in [-0.3, -0.25) is 24.3 Å². The number of aromatic nitrogens is 1. The van der Waals surface area contributed by atoms with Gasteiger partial charge in [-0.2, -0.15) is 0 Å². The normalized spacial score (nSPS) is 12.3. The Hall–Kier alpha value is -5.41. The molecule has 0 aliphatic carbocycles. The van der Waals surface area contributed by atoms with Gasteiger partial charge in [-0.1, -0.05) is 29.8 Å². The van der Waals surface area contributed by atoms with Crippen LogP contribution in [0.4, 0.5) is 11.4 Å². The van der Waals surface area contributed by atoms with Gasteiger partial charge in [-0.25, -0.2) is 0 Å². The van der Waals surface area contributed by atoms with Gasteiger partial charge in [0.1, 0.15) is 17.2 Å². The molecule has 0 fully saturated rings. The Morgan fingerprint density at radius 1 is 0.857 bits per heavy atom. The number of nitro groups is 1. The Bertz CT molecular complexity index is 1920. The number of para-hydroxylation sites is 1. The third-order valence-electron chi connectivity index (χ3n) is 7.25. The number of carbonyl (C=O) groups is 1. The highest BCUT2D eigenvalue weighted by Crippen LogP contribution is 2.43. The number of phenols is 1. The minimum absolute atomic E-state index is 0.0816. The van der Waals surface area contributed by atoms with Crippen LogP contribution in [0.3, 0.4) is 0 Å². The van der Waals surface area contributed by atoms with Crippen molar-refractivity contribution in [3.05, 3.63) is 134 Å². The smallest absolute Gasteiger partial charge is 0.276 e. The molecule has 208 valence electrons. The summed E-state index contributed by atoms with van der Waals surface area (Å²) in [7, 11) is 1.53. The average molecular weight is 580 g/mol. The van der Waals surface area contributed by atoms with E-state index in [9.17, 15) is 24.8 Å². The van der Waals surface area contributed by atoms with Gasteiger partial charge in [-0.15, -0.1) is 0 Å². The van der Waals surface area contributed by atoms with Crippen molar-refractivity contribution in [2.24, 2.45) is 0 Å². The molecule has 10 heteroatoms. The van der Waals surface area contributed by atoms with Crippen LogP contribution in [-0.4, -0.2) is 27.6 Å². The summed E-state index contributed by atoms with van der Waals surface area (Å²) in [5, 5.41) is 22.8. The number of nitro benzene ring substituents is 1. The van der Waals surface area contributed by atoms with Crippen molar-refractivity contribution >= 4 is 28.9 Å². The SMILES string of the molecule is COc1ccc(-n2c3c(c(-c4ccccc4O)c(-c4ccc([N+](=O)[O-])cc4)c2=O)CN(c2ccc(Cl)cc2)C3=O)cc1. The summed E-state index contributed by atoms with van der Waals surface area (Å²) in [6.45, 7) is 0.0931. The average Bonchev–Trinajstić information content (AvgIpc) is 3.34. The summed E-state index contributed by atoms with van der Waals surface area (Å²) in [5.41, 5.74) is 2.30. The number of phenolic OH excluding ortho intramolecular Hbond substituents is 1. The van der Waals surface area contributed by atoms with Crippen LogP contribution in [0.2, 0.25) is 5.02 Å². The van der Waals surface area contributed by atoms with E-state index in [-0.39, 0.29) is 29.2 Å². The molecule has 4 aromatic carbocycles. The maximum atomic E-state index is 14.6. The van der Waals surface area contributed by atoms with Gasteiger partial charge in [0, 0.05) is 45.2 Å². The van der Waals surface area contributed by atoms with Gasteiger partial charge in [-0.05, 0) is 72.3 Å². The van der Waals surface area contributed by atoms with E-state index in [1.54, 1.807) is 71.6 Å². The predicted octanol–water partition coefficient (Wildman–Crippen LogP) is 6.61. The number of anilines is 1. The summed E-state index contributed by atoms with van der Waals surface area (Å²) in [4.78, 5) is 41.1. The molecule has 5 aromatic rings. The van der Waals surface area contributed by atoms with Crippen molar-refractivity contribution < 1.29 is 19.6 Å². The fraction of sp³-hybridized carbons (Fsp3) is 0.0625. The highest BCUT2D eigenvalue weighted by atomic mass is 35.5. The van der Waals surface area contributed by atoms with E-state index in [2.05, 4.69) is 0 Å². The summed E-state index contributed by atoms with van der Waals surface area (Å²) < 4.78 is 6.65. The van der Waals surface area contributed by atoms with E-state index in [0.29, 0.717) is 44.4 Å². The molecular weight excluding hydrogens is 558 g/mol. The number of benzene rings is 4. The Morgan fingerprint density at radius 2 is 1.50 bits per heavy atom. The molecule has 42 heavy (non-hydrogen) atoms. The minimum atomic E-state index is -0.530. The third-order valence-corrected chi connectivity index (χ3v) is 7.50. The van der Waals surface area contributed by atoms with Crippen molar-refractivity contribution in [1.29, 1.82) is 0 Å². The number of methoxy groups -OCH3 is 1. The number of halogens is 1. The van der Waals surface area contributed by atoms with Gasteiger partial charge >= 0.3 is 0 Å². The van der Waals surface area contributed by atoms with Crippen LogP contribution in [0.25, 0.3) is 27.9 Å². The van der Waals surface area contributed by atoms with Crippen LogP contribution in [-0.2, 0) is 6.54 Å². The molecule has 2 heterocycles. The predicted molar refractivity (Wildman–Crippen MR) is 160 cm³/mol. The molecule has 6 rings (SSSR count). The van der Waals surface area contributed by atoms with Gasteiger partial charge in [0.05, 0.1) is 24.1 Å². The molecule has 1 aromatic heterocycles. The van der Waals surface area contributed by atoms with Crippen LogP contribution in [0.5, 0.6) is 11.5 Å². The Labute approximate surface area is 244 Å². The number of aromatic hydroxyl groups is 1. The largest absolute Gasteiger partial charge is 0.507 e. The molecule has 0 spiro atoms. The van der Waals surface area contributed by atoms with E-state index in [0.717, 1.165) is 0 Å². The molecule has 0 unspecified atom stereocenters. The molecule has 1 aliphatic rings. The van der Waals surface area contributed by atoms with Crippen LogP contribution < -0.4 is 15.2 Å². The molecule has 1 amide bonds. The van der Waals surface area contributed by atoms with Gasteiger partial charge < -0.3 is 14.7 Å². The lowest BCUT2D eigenvalue weighted by Crippen LogP contribution is -2.29. The summed E-state index contributed by atoms with van der Waals surface area (Å²) in [6, 6.07) is 25.7. The number of ether oxygens (including phenoxy) is 1. The lowest BCUT2D eigenvalue weighted by molar-refractivity contribution is -0.384. The first-order valence-electron chi connectivity index (χ1n) is 12.9. The zero-order valence-corrected chi connectivity index (χ0v) is 22.9. The Morgan fingerprint density at radius 3 is 2.12 bits per heavy atom. The van der Waals surface area contributed by atoms with E-state index in [4.69, 9.17) is 16.3 Å². The number of pyridine rings is 1. The van der Waals surface area contributed by atoms with Gasteiger partial charge in [0.2, 0.25) is 0 Å². The van der Waals surface area contributed by atoms with Crippen LogP contribution >= 0.6 is 11.6 Å². The van der Waals surface area contributed by atoms with E-state index >= 15 is 0 Å². The van der Waals surface area contributed by atoms with Crippen molar-refractivity contribution in [3.63, 3.8) is 0 Å². The Kier molecular flexibility index (Phi) is 6.72. The first-order valence-corrected chi connectivity index (χ1v) is 13.2. The van der Waals surface area contributed by atoms with Gasteiger partial charge in [0.25, 0.3) is 17.2 Å². The quantitative estimate of drug-likeness (QED) is 0.179. The van der Waals surface area contributed by atoms with E-state index < -0.39 is 16.4 Å². The summed E-state index contributed by atoms with van der Waals surface area (Å²) >= 11 is 6.11. The minimum Gasteiger partial charge on any atom is -0.507 e. The second kappa shape index (κ2) is 10.5. The second-order valence-electron chi connectivity index (χ2n) is 9.60. The number of fused-ring (bicyclic) bond motifs is 1. The van der Waals surface area contributed by atoms with Crippen molar-refractivity contribution in [2.75, 3.05) is 12.0 Å². The molecule has 9 nitrogen and oxygen atoms in total. The van der Waals surface area contributed by atoms with Crippen molar-refractivity contribution in [1.82, 2.24) is 4.57 Å². The fourth-order valence-electron chi connectivity index (χ4n) is 5.27. The third kappa shape index (κ3) is 4.46. The zero-order valence-electron chi connectivity index (χ0n) is 22.2. The maximum absolute atomic E-state index is 14.6. The maximum Gasteiger partial charge on any atom is 0.276 e. The molecule has 0 saturated heterocycles. The summed E-state index contributed by atoms with van der Waals surface area (Å²) in [6.07, 6.45) is 0. The number of hydrogen-bond acceptors (Lipinski definition) is 6. The standard InChI is InChI=1S/C32H22ClN3O6/c1-42-24-16-14-22(15-17-24)35-30-26(18-34(32(30)39)21-12-8-20(33)9-13-21)29(25-4-2-3-5-27(25)37)28(31(35)38)19-6-10-23(11-7-19)36(40)41/h2-17,37H,18H2,1H3. The zero-order chi connectivity index (χ0) is 29.5. The number of non-ortho nitro benzene ring substituents is 1. The summed E-state index contributed by atoms with van der Waals surface area (Å²) in [5.74, 6) is 0.0768. The molecule has 1 aliphatic heterocycles. The number of rotatable bonds is 6. The number of nitrogens with zero attached hydrogens (tertiary/aromatic N) is 3. The van der Waals surface area contributed by atoms with E-state index in [1.165, 1.54) is 42.0 Å². The topological polar surface area (TPSA) is 115 Å². The lowest BCUT2D eigenvalue weighted by Gasteiger charge is -2.19. The fourth-order valence-corrected chi connectivity index (χ4v) is 5.39. The first-order chi connectivity index (χ1) is 20.3. The molecule has 1 N–H and O–H groups in total. The molecule has 0 radical (unpaired) electrons. The highest BCUT2D eigenvalue weighted by molar-refractivity contribution is 6.30. The molecule has 0 bridgehead atoms.